The number of likely N-dealkylation sites (tertiary alicyclic amines) is 2. The Morgan fingerprint density at radius 2 is 2.06 bits per heavy atom. The van der Waals surface area contributed by atoms with Gasteiger partial charge in [-0.15, -0.1) is 0 Å². The Morgan fingerprint density at radius 3 is 2.77 bits per heavy atom. The average molecular weight is 439 g/mol. The number of morpholine rings is 1. The standard InChI is InChI=1S/C21H27F2N3O5/c1-29-14-2-3-17(15(22)10-14)31-13-21(23)5-8-25(9-6-21)20(28)26-7-4-18-16(11-26)24-19(27)12-30-18/h2-3,10,16,18H,4-9,11-13H2,1H3,(H,24,27)/t16-,18+/m1/s1. The highest BCUT2D eigenvalue weighted by atomic mass is 19.1. The maximum Gasteiger partial charge on any atom is 0.320 e. The van der Waals surface area contributed by atoms with Crippen molar-refractivity contribution in [3.8, 4) is 11.5 Å². The molecule has 0 aliphatic carbocycles. The van der Waals surface area contributed by atoms with Crippen LogP contribution < -0.4 is 14.8 Å². The zero-order valence-electron chi connectivity index (χ0n) is 17.4. The third kappa shape index (κ3) is 4.84. The molecule has 3 fully saturated rings. The van der Waals surface area contributed by atoms with E-state index in [1.807, 2.05) is 0 Å². The lowest BCUT2D eigenvalue weighted by molar-refractivity contribution is -0.139. The Bertz CT molecular complexity index is 831. The van der Waals surface area contributed by atoms with E-state index in [0.29, 0.717) is 25.3 Å². The minimum Gasteiger partial charge on any atom is -0.497 e. The summed E-state index contributed by atoms with van der Waals surface area (Å²) in [5.41, 5.74) is -1.64. The molecule has 170 valence electrons. The number of halogens is 2. The molecule has 4 rings (SSSR count). The molecule has 3 aliphatic heterocycles. The summed E-state index contributed by atoms with van der Waals surface area (Å²) in [6.45, 7) is 1.19. The topological polar surface area (TPSA) is 80.3 Å². The first-order valence-corrected chi connectivity index (χ1v) is 10.5. The van der Waals surface area contributed by atoms with Crippen LogP contribution in [0.3, 0.4) is 0 Å². The normalized spacial score (nSPS) is 25.5. The zero-order valence-corrected chi connectivity index (χ0v) is 17.4. The van der Waals surface area contributed by atoms with E-state index < -0.39 is 11.5 Å². The van der Waals surface area contributed by atoms with Gasteiger partial charge in [0, 0.05) is 45.1 Å². The van der Waals surface area contributed by atoms with Gasteiger partial charge in [-0.3, -0.25) is 4.79 Å². The lowest BCUT2D eigenvalue weighted by Crippen LogP contribution is -2.63. The highest BCUT2D eigenvalue weighted by molar-refractivity contribution is 5.79. The summed E-state index contributed by atoms with van der Waals surface area (Å²) >= 11 is 0. The van der Waals surface area contributed by atoms with E-state index >= 15 is 4.39 Å². The number of benzene rings is 1. The van der Waals surface area contributed by atoms with Crippen LogP contribution in [0.4, 0.5) is 13.6 Å². The molecule has 8 nitrogen and oxygen atoms in total. The molecule has 0 unspecified atom stereocenters. The fourth-order valence-electron chi connectivity index (χ4n) is 4.25. The van der Waals surface area contributed by atoms with Gasteiger partial charge in [0.25, 0.3) is 0 Å². The molecular formula is C21H27F2N3O5. The Balaban J connectivity index is 1.27. The molecular weight excluding hydrogens is 412 g/mol. The molecule has 0 spiro atoms. The van der Waals surface area contributed by atoms with Crippen molar-refractivity contribution in [2.75, 3.05) is 46.5 Å². The SMILES string of the molecule is COc1ccc(OCC2(F)CCN(C(=O)N3CC[C@@H]4OCC(=O)N[C@@H]4C3)CC2)c(F)c1. The van der Waals surface area contributed by atoms with Crippen LogP contribution in [0.2, 0.25) is 0 Å². The van der Waals surface area contributed by atoms with Crippen LogP contribution in [0.5, 0.6) is 11.5 Å². The van der Waals surface area contributed by atoms with E-state index in [9.17, 15) is 14.0 Å². The molecule has 0 bridgehead atoms. The molecule has 0 radical (unpaired) electrons. The second-order valence-electron chi connectivity index (χ2n) is 8.26. The van der Waals surface area contributed by atoms with Crippen molar-refractivity contribution >= 4 is 11.9 Å². The van der Waals surface area contributed by atoms with Crippen molar-refractivity contribution in [1.82, 2.24) is 15.1 Å². The predicted molar refractivity (Wildman–Crippen MR) is 106 cm³/mol. The second-order valence-corrected chi connectivity index (χ2v) is 8.26. The molecule has 31 heavy (non-hydrogen) atoms. The van der Waals surface area contributed by atoms with Crippen molar-refractivity contribution in [3.05, 3.63) is 24.0 Å². The molecule has 3 aliphatic rings. The predicted octanol–water partition coefficient (Wildman–Crippen LogP) is 1.73. The first-order valence-electron chi connectivity index (χ1n) is 10.5. The minimum absolute atomic E-state index is 0.0315. The first-order chi connectivity index (χ1) is 14.9. The third-order valence-electron chi connectivity index (χ3n) is 6.15. The Kier molecular flexibility index (Phi) is 6.17. The van der Waals surface area contributed by atoms with Crippen molar-refractivity contribution in [2.45, 2.75) is 37.1 Å². The monoisotopic (exact) mass is 439 g/mol. The fourth-order valence-corrected chi connectivity index (χ4v) is 4.25. The number of ether oxygens (including phenoxy) is 3. The van der Waals surface area contributed by atoms with Crippen molar-refractivity contribution in [3.63, 3.8) is 0 Å². The summed E-state index contributed by atoms with van der Waals surface area (Å²) in [7, 11) is 1.43. The Labute approximate surface area is 179 Å². The van der Waals surface area contributed by atoms with E-state index in [1.165, 1.54) is 19.2 Å². The van der Waals surface area contributed by atoms with Crippen molar-refractivity contribution in [2.24, 2.45) is 0 Å². The van der Waals surface area contributed by atoms with Crippen molar-refractivity contribution < 1.29 is 32.6 Å². The summed E-state index contributed by atoms with van der Waals surface area (Å²) in [5, 5.41) is 2.87. The molecule has 3 heterocycles. The number of fused-ring (bicyclic) bond motifs is 1. The lowest BCUT2D eigenvalue weighted by Gasteiger charge is -2.44. The van der Waals surface area contributed by atoms with E-state index in [1.54, 1.807) is 15.9 Å². The molecule has 1 aromatic rings. The van der Waals surface area contributed by atoms with E-state index in [0.717, 1.165) is 0 Å². The van der Waals surface area contributed by atoms with Crippen LogP contribution in [0.25, 0.3) is 0 Å². The van der Waals surface area contributed by atoms with E-state index in [4.69, 9.17) is 14.2 Å². The van der Waals surface area contributed by atoms with Crippen molar-refractivity contribution in [1.29, 1.82) is 0 Å². The van der Waals surface area contributed by atoms with E-state index in [2.05, 4.69) is 5.32 Å². The molecule has 2 atom stereocenters. The molecule has 3 amide bonds. The van der Waals surface area contributed by atoms with Crippen LogP contribution in [0.15, 0.2) is 18.2 Å². The molecule has 1 N–H and O–H groups in total. The van der Waals surface area contributed by atoms with Gasteiger partial charge >= 0.3 is 6.03 Å². The first kappa shape index (κ1) is 21.6. The highest BCUT2D eigenvalue weighted by Crippen LogP contribution is 2.30. The number of piperidine rings is 2. The van der Waals surface area contributed by atoms with Gasteiger partial charge in [-0.05, 0) is 18.6 Å². The number of carbonyl (C=O) groups is 2. The summed E-state index contributed by atoms with van der Waals surface area (Å²) in [6, 6.07) is 3.77. The second kappa shape index (κ2) is 8.86. The average Bonchev–Trinajstić information content (AvgIpc) is 2.77. The van der Waals surface area contributed by atoms with Gasteiger partial charge in [0.1, 0.15) is 24.6 Å². The number of methoxy groups -OCH3 is 1. The number of alkyl halides is 1. The van der Waals surface area contributed by atoms with Gasteiger partial charge in [0.15, 0.2) is 11.6 Å². The van der Waals surface area contributed by atoms with Crippen LogP contribution >= 0.6 is 0 Å². The summed E-state index contributed by atoms with van der Waals surface area (Å²) in [5.74, 6) is -0.465. The van der Waals surface area contributed by atoms with Crippen LogP contribution in [-0.4, -0.2) is 86.1 Å². The fraction of sp³-hybridized carbons (Fsp3) is 0.619. The largest absolute Gasteiger partial charge is 0.497 e. The minimum atomic E-state index is -1.64. The summed E-state index contributed by atoms with van der Waals surface area (Å²) in [6.07, 6.45) is 0.794. The number of urea groups is 1. The zero-order chi connectivity index (χ0) is 22.0. The van der Waals surface area contributed by atoms with Gasteiger partial charge in [0.2, 0.25) is 5.91 Å². The Morgan fingerprint density at radius 1 is 1.29 bits per heavy atom. The van der Waals surface area contributed by atoms with Gasteiger partial charge in [0.05, 0.1) is 19.3 Å². The number of rotatable bonds is 4. The number of hydrogen-bond acceptors (Lipinski definition) is 5. The lowest BCUT2D eigenvalue weighted by atomic mass is 9.94. The molecule has 0 aromatic heterocycles. The van der Waals surface area contributed by atoms with Gasteiger partial charge in [-0.1, -0.05) is 0 Å². The van der Waals surface area contributed by atoms with Gasteiger partial charge in [-0.25, -0.2) is 13.6 Å². The number of nitrogens with one attached hydrogen (secondary N) is 1. The Hall–Kier alpha value is -2.62. The summed E-state index contributed by atoms with van der Waals surface area (Å²) < 4.78 is 45.1. The smallest absolute Gasteiger partial charge is 0.320 e. The molecule has 0 saturated carbocycles. The quantitative estimate of drug-likeness (QED) is 0.773. The van der Waals surface area contributed by atoms with E-state index in [-0.39, 0.29) is 69.0 Å². The molecule has 3 saturated heterocycles. The van der Waals surface area contributed by atoms with Gasteiger partial charge < -0.3 is 29.3 Å². The highest BCUT2D eigenvalue weighted by Gasteiger charge is 2.41. The maximum atomic E-state index is 15.2. The van der Waals surface area contributed by atoms with Crippen LogP contribution in [-0.2, 0) is 9.53 Å². The maximum absolute atomic E-state index is 15.2. The summed E-state index contributed by atoms with van der Waals surface area (Å²) in [4.78, 5) is 27.7. The number of nitrogens with zero attached hydrogens (tertiary/aromatic N) is 2. The molecule has 1 aromatic carbocycles. The van der Waals surface area contributed by atoms with Crippen LogP contribution in [0, 0.1) is 5.82 Å². The number of amides is 3. The van der Waals surface area contributed by atoms with Gasteiger partial charge in [-0.2, -0.15) is 0 Å². The third-order valence-corrected chi connectivity index (χ3v) is 6.15. The molecule has 10 heteroatoms. The van der Waals surface area contributed by atoms with Crippen LogP contribution in [0.1, 0.15) is 19.3 Å². The number of carbonyl (C=O) groups excluding carboxylic acids is 2. The number of hydrogen-bond donors (Lipinski definition) is 1.